The van der Waals surface area contributed by atoms with Crippen molar-refractivity contribution in [1.82, 2.24) is 20.9 Å². The van der Waals surface area contributed by atoms with Gasteiger partial charge in [0.2, 0.25) is 0 Å². The molecule has 0 saturated carbocycles. The molecule has 0 spiro atoms. The van der Waals surface area contributed by atoms with Crippen LogP contribution in [0.25, 0.3) is 0 Å². The number of rotatable bonds is 6. The molecule has 8 nitrogen and oxygen atoms in total. The Morgan fingerprint density at radius 2 is 1.67 bits per heavy atom. The van der Waals surface area contributed by atoms with Crippen LogP contribution in [0.5, 0.6) is 0 Å². The summed E-state index contributed by atoms with van der Waals surface area (Å²) in [6.45, 7) is 2.14. The van der Waals surface area contributed by atoms with Crippen LogP contribution >= 0.6 is 0 Å². The molecule has 0 aromatic rings. The first kappa shape index (κ1) is 16.0. The lowest BCUT2D eigenvalue weighted by Gasteiger charge is -2.13. The molecule has 0 saturated heterocycles. The van der Waals surface area contributed by atoms with E-state index >= 15 is 0 Å². The van der Waals surface area contributed by atoms with E-state index in [1.165, 1.54) is 11.8 Å². The summed E-state index contributed by atoms with van der Waals surface area (Å²) in [7, 11) is 3.23. The highest BCUT2D eigenvalue weighted by Crippen LogP contribution is 1.90. The molecule has 1 unspecified atom stereocenters. The Balaban J connectivity index is 3.60. The van der Waals surface area contributed by atoms with Crippen molar-refractivity contribution in [3.63, 3.8) is 0 Å². The van der Waals surface area contributed by atoms with E-state index in [0.717, 1.165) is 0 Å². The van der Waals surface area contributed by atoms with E-state index in [9.17, 15) is 14.4 Å². The van der Waals surface area contributed by atoms with Gasteiger partial charge in [-0.05, 0) is 0 Å². The van der Waals surface area contributed by atoms with E-state index in [2.05, 4.69) is 16.0 Å². The first-order valence-electron chi connectivity index (χ1n) is 5.54. The number of hydrogen-bond donors (Lipinski definition) is 4. The molecular formula is C10H20N4O4. The molecule has 1 atom stereocenters. The van der Waals surface area contributed by atoms with Crippen molar-refractivity contribution in [3.8, 4) is 0 Å². The number of carbonyl (C=O) groups excluding carboxylic acids is 2. The maximum absolute atomic E-state index is 11.2. The molecule has 0 aromatic carbocycles. The van der Waals surface area contributed by atoms with Crippen LogP contribution in [0.15, 0.2) is 0 Å². The topological polar surface area (TPSA) is 111 Å². The van der Waals surface area contributed by atoms with E-state index in [4.69, 9.17) is 5.11 Å². The maximum Gasteiger partial charge on any atom is 0.316 e. The van der Waals surface area contributed by atoms with Gasteiger partial charge in [-0.2, -0.15) is 0 Å². The van der Waals surface area contributed by atoms with E-state index in [0.29, 0.717) is 6.54 Å². The minimum atomic E-state index is -0.964. The highest BCUT2D eigenvalue weighted by atomic mass is 16.4. The number of nitrogens with zero attached hydrogens (tertiary/aromatic N) is 1. The van der Waals surface area contributed by atoms with Crippen LogP contribution in [-0.4, -0.2) is 61.8 Å². The third kappa shape index (κ3) is 7.31. The Morgan fingerprint density at radius 3 is 2.17 bits per heavy atom. The SMILES string of the molecule is CC(CNC(=O)NCCNC(=O)N(C)C)C(=O)O. The van der Waals surface area contributed by atoms with Crippen molar-refractivity contribution in [2.45, 2.75) is 6.92 Å². The van der Waals surface area contributed by atoms with Crippen molar-refractivity contribution in [2.24, 2.45) is 5.92 Å². The Hall–Kier alpha value is -1.99. The van der Waals surface area contributed by atoms with Crippen molar-refractivity contribution in [1.29, 1.82) is 0 Å². The Labute approximate surface area is 106 Å². The predicted molar refractivity (Wildman–Crippen MR) is 65.3 cm³/mol. The van der Waals surface area contributed by atoms with Crippen molar-refractivity contribution in [2.75, 3.05) is 33.7 Å². The quantitative estimate of drug-likeness (QED) is 0.472. The average molecular weight is 260 g/mol. The molecule has 4 N–H and O–H groups in total. The number of nitrogens with one attached hydrogen (secondary N) is 3. The summed E-state index contributed by atoms with van der Waals surface area (Å²) in [4.78, 5) is 34.2. The lowest BCUT2D eigenvalue weighted by molar-refractivity contribution is -0.140. The largest absolute Gasteiger partial charge is 0.481 e. The van der Waals surface area contributed by atoms with Crippen LogP contribution in [-0.2, 0) is 4.79 Å². The molecule has 0 rings (SSSR count). The van der Waals surface area contributed by atoms with Gasteiger partial charge < -0.3 is 26.0 Å². The summed E-state index contributed by atoms with van der Waals surface area (Å²) in [6.07, 6.45) is 0. The first-order valence-corrected chi connectivity index (χ1v) is 5.54. The predicted octanol–water partition coefficient (Wildman–Crippen LogP) is -0.722. The number of urea groups is 2. The average Bonchev–Trinajstić information content (AvgIpc) is 2.30. The summed E-state index contributed by atoms with van der Waals surface area (Å²) in [5.74, 6) is -1.60. The number of carbonyl (C=O) groups is 3. The van der Waals surface area contributed by atoms with Crippen LogP contribution in [0.2, 0.25) is 0 Å². The summed E-state index contributed by atoms with van der Waals surface area (Å²) in [5, 5.41) is 16.1. The Kier molecular flexibility index (Phi) is 7.25. The lowest BCUT2D eigenvalue weighted by atomic mass is 10.2. The molecule has 0 aliphatic heterocycles. The summed E-state index contributed by atoms with van der Waals surface area (Å²) in [6, 6.07) is -0.695. The molecule has 0 aromatic heterocycles. The van der Waals surface area contributed by atoms with Gasteiger partial charge in [0.05, 0.1) is 5.92 Å². The zero-order valence-electron chi connectivity index (χ0n) is 10.8. The fourth-order valence-corrected chi connectivity index (χ4v) is 0.899. The molecule has 18 heavy (non-hydrogen) atoms. The third-order valence-corrected chi connectivity index (χ3v) is 2.08. The third-order valence-electron chi connectivity index (χ3n) is 2.08. The van der Waals surface area contributed by atoms with Crippen LogP contribution in [0.4, 0.5) is 9.59 Å². The summed E-state index contributed by atoms with van der Waals surface area (Å²) < 4.78 is 0. The molecule has 8 heteroatoms. The van der Waals surface area contributed by atoms with Gasteiger partial charge in [0.25, 0.3) is 0 Å². The molecule has 104 valence electrons. The fourth-order valence-electron chi connectivity index (χ4n) is 0.899. The number of amides is 4. The highest BCUT2D eigenvalue weighted by Gasteiger charge is 2.11. The Morgan fingerprint density at radius 1 is 1.11 bits per heavy atom. The maximum atomic E-state index is 11.2. The number of aliphatic carboxylic acids is 1. The first-order chi connectivity index (χ1) is 8.34. The molecule has 4 amide bonds. The van der Waals surface area contributed by atoms with Gasteiger partial charge in [0.1, 0.15) is 0 Å². The summed E-state index contributed by atoms with van der Waals surface area (Å²) >= 11 is 0. The van der Waals surface area contributed by atoms with Gasteiger partial charge in [-0.1, -0.05) is 6.92 Å². The highest BCUT2D eigenvalue weighted by molar-refractivity contribution is 5.76. The number of carboxylic acids is 1. The van der Waals surface area contributed by atoms with Gasteiger partial charge in [-0.3, -0.25) is 4.79 Å². The monoisotopic (exact) mass is 260 g/mol. The second kappa shape index (κ2) is 8.15. The molecular weight excluding hydrogens is 240 g/mol. The number of hydrogen-bond acceptors (Lipinski definition) is 3. The minimum Gasteiger partial charge on any atom is -0.481 e. The smallest absolute Gasteiger partial charge is 0.316 e. The van der Waals surface area contributed by atoms with Gasteiger partial charge in [-0.25, -0.2) is 9.59 Å². The van der Waals surface area contributed by atoms with Gasteiger partial charge in [-0.15, -0.1) is 0 Å². The standard InChI is InChI=1S/C10H20N4O4/c1-7(8(15)16)6-13-9(17)11-4-5-12-10(18)14(2)3/h7H,4-6H2,1-3H3,(H,12,18)(H,15,16)(H2,11,13,17). The minimum absolute atomic E-state index is 0.0607. The molecule has 0 aliphatic rings. The molecule has 0 bridgehead atoms. The van der Waals surface area contributed by atoms with Crippen molar-refractivity contribution < 1.29 is 19.5 Å². The molecule has 0 aliphatic carbocycles. The van der Waals surface area contributed by atoms with Crippen LogP contribution < -0.4 is 16.0 Å². The van der Waals surface area contributed by atoms with Gasteiger partial charge >= 0.3 is 18.0 Å². The number of carboxylic acid groups (broad SMARTS) is 1. The van der Waals surface area contributed by atoms with Crippen molar-refractivity contribution in [3.05, 3.63) is 0 Å². The van der Waals surface area contributed by atoms with E-state index in [1.54, 1.807) is 14.1 Å². The van der Waals surface area contributed by atoms with E-state index < -0.39 is 17.9 Å². The fraction of sp³-hybridized carbons (Fsp3) is 0.700. The van der Waals surface area contributed by atoms with E-state index in [-0.39, 0.29) is 19.1 Å². The second-order valence-electron chi connectivity index (χ2n) is 4.00. The zero-order chi connectivity index (χ0) is 14.1. The van der Waals surface area contributed by atoms with Crippen LogP contribution in [0.1, 0.15) is 6.92 Å². The Bertz CT molecular complexity index is 306. The van der Waals surface area contributed by atoms with Crippen molar-refractivity contribution >= 4 is 18.0 Å². The zero-order valence-corrected chi connectivity index (χ0v) is 10.8. The molecule has 0 heterocycles. The normalized spacial score (nSPS) is 11.3. The van der Waals surface area contributed by atoms with Gasteiger partial charge in [0.15, 0.2) is 0 Å². The van der Waals surface area contributed by atoms with Gasteiger partial charge in [0, 0.05) is 33.7 Å². The van der Waals surface area contributed by atoms with Crippen LogP contribution in [0, 0.1) is 5.92 Å². The lowest BCUT2D eigenvalue weighted by Crippen LogP contribution is -2.43. The molecule has 0 fully saturated rings. The van der Waals surface area contributed by atoms with Crippen LogP contribution in [0.3, 0.4) is 0 Å². The summed E-state index contributed by atoms with van der Waals surface area (Å²) in [5.41, 5.74) is 0. The molecule has 0 radical (unpaired) electrons. The second-order valence-corrected chi connectivity index (χ2v) is 4.00. The van der Waals surface area contributed by atoms with E-state index in [1.807, 2.05) is 0 Å².